The number of benzene rings is 1. The van der Waals surface area contributed by atoms with Crippen molar-refractivity contribution in [2.75, 3.05) is 17.7 Å². The molecule has 0 radical (unpaired) electrons. The third-order valence-corrected chi connectivity index (χ3v) is 3.50. The van der Waals surface area contributed by atoms with Crippen molar-refractivity contribution in [1.82, 2.24) is 9.97 Å². The summed E-state index contributed by atoms with van der Waals surface area (Å²) < 4.78 is 0. The molecule has 0 aliphatic heterocycles. The molecule has 1 aromatic heterocycles. The normalized spacial score (nSPS) is 14.1. The van der Waals surface area contributed by atoms with Crippen LogP contribution in [0.4, 0.5) is 11.6 Å². The van der Waals surface area contributed by atoms with Gasteiger partial charge in [0.15, 0.2) is 0 Å². The van der Waals surface area contributed by atoms with Crippen molar-refractivity contribution >= 4 is 11.6 Å². The first kappa shape index (κ1) is 12.9. The van der Waals surface area contributed by atoms with Gasteiger partial charge in [0.1, 0.15) is 17.5 Å². The molecule has 0 spiro atoms. The zero-order valence-electron chi connectivity index (χ0n) is 12.0. The molecule has 1 aliphatic rings. The van der Waals surface area contributed by atoms with Crippen molar-refractivity contribution in [3.8, 4) is 0 Å². The molecule has 1 fully saturated rings. The average Bonchev–Trinajstić information content (AvgIpc) is 3.29. The molecule has 1 saturated carbocycles. The Hall–Kier alpha value is -2.10. The molecule has 104 valence electrons. The van der Waals surface area contributed by atoms with Gasteiger partial charge in [-0.2, -0.15) is 0 Å². The van der Waals surface area contributed by atoms with Crippen molar-refractivity contribution in [2.45, 2.75) is 32.2 Å². The summed E-state index contributed by atoms with van der Waals surface area (Å²) in [6.07, 6.45) is 2.43. The van der Waals surface area contributed by atoms with Gasteiger partial charge in [0.05, 0.1) is 0 Å². The van der Waals surface area contributed by atoms with E-state index in [1.165, 1.54) is 24.0 Å². The lowest BCUT2D eigenvalue weighted by Crippen LogP contribution is -2.06. The standard InChI is InChI=1S/C16H20N4/c1-11-4-3-5-12(8-11)10-18-15-9-14(17-2)19-16(20-15)13-6-7-13/h3-5,8-9,13H,6-7,10H2,1-2H3,(H2,17,18,19,20). The highest BCUT2D eigenvalue weighted by Crippen LogP contribution is 2.38. The second-order valence-corrected chi connectivity index (χ2v) is 5.36. The molecule has 0 bridgehead atoms. The van der Waals surface area contributed by atoms with E-state index in [2.05, 4.69) is 51.8 Å². The zero-order chi connectivity index (χ0) is 13.9. The monoisotopic (exact) mass is 268 g/mol. The highest BCUT2D eigenvalue weighted by Gasteiger charge is 2.27. The fraction of sp³-hybridized carbons (Fsp3) is 0.375. The second kappa shape index (κ2) is 5.49. The molecule has 1 aliphatic carbocycles. The molecule has 2 N–H and O–H groups in total. The molecule has 0 saturated heterocycles. The van der Waals surface area contributed by atoms with Crippen LogP contribution in [0, 0.1) is 6.92 Å². The summed E-state index contributed by atoms with van der Waals surface area (Å²) in [4.78, 5) is 9.14. The van der Waals surface area contributed by atoms with E-state index >= 15 is 0 Å². The number of nitrogens with zero attached hydrogens (tertiary/aromatic N) is 2. The quantitative estimate of drug-likeness (QED) is 0.873. The van der Waals surface area contributed by atoms with Crippen molar-refractivity contribution in [1.29, 1.82) is 0 Å². The van der Waals surface area contributed by atoms with Crippen molar-refractivity contribution in [3.63, 3.8) is 0 Å². The molecular weight excluding hydrogens is 248 g/mol. The smallest absolute Gasteiger partial charge is 0.136 e. The highest BCUT2D eigenvalue weighted by atomic mass is 15.1. The van der Waals surface area contributed by atoms with Crippen LogP contribution in [0.2, 0.25) is 0 Å². The van der Waals surface area contributed by atoms with Crippen molar-refractivity contribution < 1.29 is 0 Å². The van der Waals surface area contributed by atoms with Gasteiger partial charge in [0.25, 0.3) is 0 Å². The number of hydrogen-bond donors (Lipinski definition) is 2. The van der Waals surface area contributed by atoms with Crippen LogP contribution >= 0.6 is 0 Å². The summed E-state index contributed by atoms with van der Waals surface area (Å²) in [7, 11) is 1.89. The summed E-state index contributed by atoms with van der Waals surface area (Å²) in [6, 6.07) is 10.5. The lowest BCUT2D eigenvalue weighted by Gasteiger charge is -2.10. The van der Waals surface area contributed by atoms with E-state index < -0.39 is 0 Å². The van der Waals surface area contributed by atoms with Gasteiger partial charge < -0.3 is 10.6 Å². The van der Waals surface area contributed by atoms with Crippen LogP contribution in [0.1, 0.15) is 35.7 Å². The molecule has 0 atom stereocenters. The Bertz CT molecular complexity index is 605. The number of aryl methyl sites for hydroxylation is 1. The van der Waals surface area contributed by atoms with Gasteiger partial charge in [-0.1, -0.05) is 29.8 Å². The molecule has 1 aromatic carbocycles. The topological polar surface area (TPSA) is 49.8 Å². The maximum atomic E-state index is 4.62. The number of aromatic nitrogens is 2. The molecule has 20 heavy (non-hydrogen) atoms. The molecule has 1 heterocycles. The largest absolute Gasteiger partial charge is 0.373 e. The van der Waals surface area contributed by atoms with Crippen LogP contribution in [0.25, 0.3) is 0 Å². The predicted octanol–water partition coefficient (Wildman–Crippen LogP) is 3.32. The first-order valence-corrected chi connectivity index (χ1v) is 7.11. The van der Waals surface area contributed by atoms with Gasteiger partial charge in [-0.15, -0.1) is 0 Å². The van der Waals surface area contributed by atoms with Crippen molar-refractivity contribution in [2.24, 2.45) is 0 Å². The first-order valence-electron chi connectivity index (χ1n) is 7.11. The number of anilines is 2. The predicted molar refractivity (Wildman–Crippen MR) is 82.1 cm³/mol. The Morgan fingerprint density at radius 1 is 1.15 bits per heavy atom. The van der Waals surface area contributed by atoms with E-state index in [9.17, 15) is 0 Å². The summed E-state index contributed by atoms with van der Waals surface area (Å²) in [5, 5.41) is 6.50. The van der Waals surface area contributed by atoms with Gasteiger partial charge in [-0.3, -0.25) is 0 Å². The van der Waals surface area contributed by atoms with E-state index in [-0.39, 0.29) is 0 Å². The summed E-state index contributed by atoms with van der Waals surface area (Å²) in [5.74, 6) is 3.30. The Kier molecular flexibility index (Phi) is 3.54. The van der Waals surface area contributed by atoms with Gasteiger partial charge in [0, 0.05) is 25.6 Å². The number of rotatable bonds is 5. The summed E-state index contributed by atoms with van der Waals surface area (Å²) >= 11 is 0. The third-order valence-electron chi connectivity index (χ3n) is 3.50. The van der Waals surface area contributed by atoms with Gasteiger partial charge in [-0.25, -0.2) is 9.97 Å². The van der Waals surface area contributed by atoms with Crippen LogP contribution in [-0.2, 0) is 6.54 Å². The van der Waals surface area contributed by atoms with E-state index in [0.717, 1.165) is 24.0 Å². The zero-order valence-corrected chi connectivity index (χ0v) is 12.0. The maximum Gasteiger partial charge on any atom is 0.136 e. The molecular formula is C16H20N4. The van der Waals surface area contributed by atoms with Crippen LogP contribution in [0.5, 0.6) is 0 Å². The minimum Gasteiger partial charge on any atom is -0.373 e. The SMILES string of the molecule is CNc1cc(NCc2cccc(C)c2)nc(C2CC2)n1. The van der Waals surface area contributed by atoms with Crippen molar-refractivity contribution in [3.05, 3.63) is 47.3 Å². The van der Waals surface area contributed by atoms with E-state index in [1.54, 1.807) is 0 Å². The maximum absolute atomic E-state index is 4.62. The molecule has 2 aromatic rings. The fourth-order valence-corrected chi connectivity index (χ4v) is 2.22. The third kappa shape index (κ3) is 3.07. The van der Waals surface area contributed by atoms with E-state index in [1.807, 2.05) is 13.1 Å². The lowest BCUT2D eigenvalue weighted by molar-refractivity contribution is 0.922. The Morgan fingerprint density at radius 3 is 2.65 bits per heavy atom. The van der Waals surface area contributed by atoms with Crippen LogP contribution in [0.3, 0.4) is 0 Å². The molecule has 0 amide bonds. The Labute approximate surface area is 119 Å². The minimum atomic E-state index is 0.558. The molecule has 4 heteroatoms. The van der Waals surface area contributed by atoms with Gasteiger partial charge in [-0.05, 0) is 25.3 Å². The van der Waals surface area contributed by atoms with Crippen LogP contribution in [-0.4, -0.2) is 17.0 Å². The minimum absolute atomic E-state index is 0.558. The highest BCUT2D eigenvalue weighted by molar-refractivity contribution is 5.48. The van der Waals surface area contributed by atoms with Crippen LogP contribution in [0.15, 0.2) is 30.3 Å². The second-order valence-electron chi connectivity index (χ2n) is 5.36. The summed E-state index contributed by atoms with van der Waals surface area (Å²) in [5.41, 5.74) is 2.55. The first-order chi connectivity index (χ1) is 9.74. The Morgan fingerprint density at radius 2 is 1.95 bits per heavy atom. The van der Waals surface area contributed by atoms with Gasteiger partial charge >= 0.3 is 0 Å². The van der Waals surface area contributed by atoms with Crippen LogP contribution < -0.4 is 10.6 Å². The Balaban J connectivity index is 1.74. The number of nitrogens with one attached hydrogen (secondary N) is 2. The summed E-state index contributed by atoms with van der Waals surface area (Å²) in [6.45, 7) is 2.89. The molecule has 4 nitrogen and oxygen atoms in total. The molecule has 0 unspecified atom stereocenters. The average molecular weight is 268 g/mol. The molecule has 3 rings (SSSR count). The van der Waals surface area contributed by atoms with E-state index in [0.29, 0.717) is 5.92 Å². The lowest BCUT2D eigenvalue weighted by atomic mass is 10.1. The van der Waals surface area contributed by atoms with Gasteiger partial charge in [0.2, 0.25) is 0 Å². The fourth-order valence-electron chi connectivity index (χ4n) is 2.22. The number of hydrogen-bond acceptors (Lipinski definition) is 4. The van der Waals surface area contributed by atoms with E-state index in [4.69, 9.17) is 0 Å².